The van der Waals surface area contributed by atoms with Crippen LogP contribution in [-0.4, -0.2) is 18.0 Å². The van der Waals surface area contributed by atoms with Gasteiger partial charge in [0.15, 0.2) is 11.3 Å². The van der Waals surface area contributed by atoms with E-state index in [1.165, 1.54) is 0 Å². The summed E-state index contributed by atoms with van der Waals surface area (Å²) >= 11 is 2.24. The first kappa shape index (κ1) is 15.9. The lowest BCUT2D eigenvalue weighted by molar-refractivity contribution is 0.102. The number of hydrogen-bond acceptors (Lipinski definition) is 4. The molecule has 4 aromatic rings. The van der Waals surface area contributed by atoms with E-state index in [1.807, 2.05) is 18.2 Å². The molecule has 0 fully saturated rings. The number of nitrogens with one attached hydrogen (secondary N) is 1. The number of halogens is 1. The molecule has 0 bridgehead atoms. The number of benzene rings is 2. The predicted octanol–water partition coefficient (Wildman–Crippen LogP) is 4.85. The SMILES string of the molecule is COc1ccc(C(=O)Nc2cccnc2)c2c1oc1ccc(I)cc12. The second kappa shape index (κ2) is 6.36. The second-order valence-electron chi connectivity index (χ2n) is 5.46. The van der Waals surface area contributed by atoms with Gasteiger partial charge in [-0.15, -0.1) is 0 Å². The predicted molar refractivity (Wildman–Crippen MR) is 105 cm³/mol. The monoisotopic (exact) mass is 444 g/mol. The van der Waals surface area contributed by atoms with Crippen LogP contribution >= 0.6 is 22.6 Å². The minimum atomic E-state index is -0.220. The molecule has 0 spiro atoms. The van der Waals surface area contributed by atoms with Crippen LogP contribution in [0, 0.1) is 3.57 Å². The molecule has 0 radical (unpaired) electrons. The highest BCUT2D eigenvalue weighted by Gasteiger charge is 2.20. The highest BCUT2D eigenvalue weighted by molar-refractivity contribution is 14.1. The molecule has 124 valence electrons. The Morgan fingerprint density at radius 2 is 2.12 bits per heavy atom. The van der Waals surface area contributed by atoms with Crippen molar-refractivity contribution in [2.45, 2.75) is 0 Å². The van der Waals surface area contributed by atoms with Crippen LogP contribution in [0.2, 0.25) is 0 Å². The Bertz CT molecular complexity index is 1090. The van der Waals surface area contributed by atoms with Crippen molar-refractivity contribution in [1.29, 1.82) is 0 Å². The fourth-order valence-electron chi connectivity index (χ4n) is 2.81. The number of furan rings is 1. The lowest BCUT2D eigenvalue weighted by atomic mass is 10.0. The van der Waals surface area contributed by atoms with Crippen LogP contribution in [0.1, 0.15) is 10.4 Å². The summed E-state index contributed by atoms with van der Waals surface area (Å²) in [4.78, 5) is 16.8. The molecule has 1 N–H and O–H groups in total. The van der Waals surface area contributed by atoms with Crippen molar-refractivity contribution in [3.05, 3.63) is 64.0 Å². The van der Waals surface area contributed by atoms with Crippen molar-refractivity contribution in [3.63, 3.8) is 0 Å². The number of aromatic nitrogens is 1. The van der Waals surface area contributed by atoms with E-state index < -0.39 is 0 Å². The maximum Gasteiger partial charge on any atom is 0.256 e. The Balaban J connectivity index is 1.92. The molecular weight excluding hydrogens is 431 g/mol. The van der Waals surface area contributed by atoms with Crippen molar-refractivity contribution >= 4 is 56.1 Å². The Labute approximate surface area is 157 Å². The van der Waals surface area contributed by atoms with Crippen LogP contribution in [0.3, 0.4) is 0 Å². The number of pyridine rings is 1. The molecule has 0 saturated heterocycles. The molecule has 0 saturated carbocycles. The maximum absolute atomic E-state index is 12.8. The maximum atomic E-state index is 12.8. The van der Waals surface area contributed by atoms with E-state index in [4.69, 9.17) is 9.15 Å². The van der Waals surface area contributed by atoms with Gasteiger partial charge >= 0.3 is 0 Å². The smallest absolute Gasteiger partial charge is 0.256 e. The molecule has 0 aliphatic carbocycles. The van der Waals surface area contributed by atoms with Gasteiger partial charge in [0, 0.05) is 20.5 Å². The molecule has 25 heavy (non-hydrogen) atoms. The number of carbonyl (C=O) groups excluding carboxylic acids is 1. The summed E-state index contributed by atoms with van der Waals surface area (Å²) in [6.45, 7) is 0. The van der Waals surface area contributed by atoms with Gasteiger partial charge in [0.05, 0.1) is 24.6 Å². The molecule has 4 rings (SSSR count). The number of amides is 1. The molecule has 0 aliphatic heterocycles. The first-order valence-corrected chi connectivity index (χ1v) is 8.65. The summed E-state index contributed by atoms with van der Waals surface area (Å²) in [7, 11) is 1.58. The third-order valence-corrected chi connectivity index (χ3v) is 4.60. The van der Waals surface area contributed by atoms with E-state index >= 15 is 0 Å². The first-order chi connectivity index (χ1) is 12.2. The van der Waals surface area contributed by atoms with E-state index in [9.17, 15) is 4.79 Å². The Morgan fingerprint density at radius 1 is 1.24 bits per heavy atom. The van der Waals surface area contributed by atoms with Gasteiger partial charge < -0.3 is 14.5 Å². The van der Waals surface area contributed by atoms with Gasteiger partial charge in [0.25, 0.3) is 5.91 Å². The minimum Gasteiger partial charge on any atom is -0.493 e. The topological polar surface area (TPSA) is 64.4 Å². The fraction of sp³-hybridized carbons (Fsp3) is 0.0526. The average Bonchev–Trinajstić information content (AvgIpc) is 3.00. The zero-order valence-electron chi connectivity index (χ0n) is 13.2. The van der Waals surface area contributed by atoms with Crippen LogP contribution in [0.15, 0.2) is 59.3 Å². The van der Waals surface area contributed by atoms with E-state index in [1.54, 1.807) is 43.8 Å². The van der Waals surface area contributed by atoms with Crippen molar-refractivity contribution in [2.24, 2.45) is 0 Å². The molecule has 5 nitrogen and oxygen atoms in total. The summed E-state index contributed by atoms with van der Waals surface area (Å²) in [6, 6.07) is 12.9. The number of rotatable bonds is 3. The molecule has 2 aromatic heterocycles. The molecule has 0 atom stereocenters. The van der Waals surface area contributed by atoms with Gasteiger partial charge in [0.2, 0.25) is 0 Å². The quantitative estimate of drug-likeness (QED) is 0.459. The van der Waals surface area contributed by atoms with E-state index in [2.05, 4.69) is 32.9 Å². The zero-order chi connectivity index (χ0) is 17.4. The third kappa shape index (κ3) is 2.82. The summed E-state index contributed by atoms with van der Waals surface area (Å²) in [5.74, 6) is 0.376. The van der Waals surface area contributed by atoms with Gasteiger partial charge in [-0.1, -0.05) is 0 Å². The molecular formula is C19H13IN2O3. The second-order valence-corrected chi connectivity index (χ2v) is 6.70. The molecule has 0 unspecified atom stereocenters. The largest absolute Gasteiger partial charge is 0.493 e. The summed E-state index contributed by atoms with van der Waals surface area (Å²) < 4.78 is 12.4. The lowest BCUT2D eigenvalue weighted by Gasteiger charge is -2.08. The standard InChI is InChI=1S/C19H13IN2O3/c1-24-16-7-5-13(19(23)22-12-3-2-8-21-10-12)17-14-9-11(20)4-6-15(14)25-18(16)17/h2-10H,1H3,(H,22,23). The molecule has 2 heterocycles. The fourth-order valence-corrected chi connectivity index (χ4v) is 3.31. The Morgan fingerprint density at radius 3 is 2.88 bits per heavy atom. The number of ether oxygens (including phenoxy) is 1. The highest BCUT2D eigenvalue weighted by Crippen LogP contribution is 2.37. The van der Waals surface area contributed by atoms with Crippen LogP contribution in [0.4, 0.5) is 5.69 Å². The molecule has 6 heteroatoms. The van der Waals surface area contributed by atoms with Gasteiger partial charge in [-0.25, -0.2) is 0 Å². The first-order valence-electron chi connectivity index (χ1n) is 7.57. The van der Waals surface area contributed by atoms with Crippen molar-refractivity contribution < 1.29 is 13.9 Å². The van der Waals surface area contributed by atoms with Crippen molar-refractivity contribution in [3.8, 4) is 5.75 Å². The number of methoxy groups -OCH3 is 1. The van der Waals surface area contributed by atoms with Crippen LogP contribution < -0.4 is 10.1 Å². The molecule has 1 amide bonds. The summed E-state index contributed by atoms with van der Waals surface area (Å²) in [5.41, 5.74) is 2.45. The van der Waals surface area contributed by atoms with Gasteiger partial charge in [0.1, 0.15) is 5.58 Å². The summed E-state index contributed by atoms with van der Waals surface area (Å²) in [6.07, 6.45) is 3.27. The van der Waals surface area contributed by atoms with Crippen LogP contribution in [-0.2, 0) is 0 Å². The Hall–Kier alpha value is -2.61. The third-order valence-electron chi connectivity index (χ3n) is 3.93. The lowest BCUT2D eigenvalue weighted by Crippen LogP contribution is -2.12. The number of hydrogen-bond donors (Lipinski definition) is 1. The van der Waals surface area contributed by atoms with Crippen molar-refractivity contribution in [1.82, 2.24) is 4.98 Å². The van der Waals surface area contributed by atoms with E-state index in [0.717, 1.165) is 19.9 Å². The normalized spacial score (nSPS) is 11.0. The summed E-state index contributed by atoms with van der Waals surface area (Å²) in [5, 5.41) is 4.50. The van der Waals surface area contributed by atoms with Gasteiger partial charge in [-0.05, 0) is 65.1 Å². The number of anilines is 1. The number of nitrogens with zero attached hydrogens (tertiary/aromatic N) is 1. The van der Waals surface area contributed by atoms with Gasteiger partial charge in [-0.2, -0.15) is 0 Å². The van der Waals surface area contributed by atoms with Crippen molar-refractivity contribution in [2.75, 3.05) is 12.4 Å². The Kier molecular flexibility index (Phi) is 4.04. The number of carbonyl (C=O) groups is 1. The van der Waals surface area contributed by atoms with E-state index in [-0.39, 0.29) is 5.91 Å². The minimum absolute atomic E-state index is 0.220. The highest BCUT2D eigenvalue weighted by atomic mass is 127. The van der Waals surface area contributed by atoms with Crippen LogP contribution in [0.25, 0.3) is 21.9 Å². The van der Waals surface area contributed by atoms with Crippen LogP contribution in [0.5, 0.6) is 5.75 Å². The zero-order valence-corrected chi connectivity index (χ0v) is 15.4. The number of fused-ring (bicyclic) bond motifs is 3. The average molecular weight is 444 g/mol. The van der Waals surface area contributed by atoms with Gasteiger partial charge in [-0.3, -0.25) is 9.78 Å². The molecule has 0 aliphatic rings. The molecule has 2 aromatic carbocycles. The van der Waals surface area contributed by atoms with E-state index in [0.29, 0.717) is 22.6 Å².